The van der Waals surface area contributed by atoms with Gasteiger partial charge in [-0.1, -0.05) is 26.0 Å². The van der Waals surface area contributed by atoms with E-state index in [-0.39, 0.29) is 12.0 Å². The lowest BCUT2D eigenvalue weighted by atomic mass is 10.2. The highest BCUT2D eigenvalue weighted by molar-refractivity contribution is 7.99. The van der Waals surface area contributed by atoms with Gasteiger partial charge in [0.15, 0.2) is 0 Å². The number of carbonyl (C=O) groups excluding carboxylic acids is 1. The molecule has 1 N–H and O–H groups in total. The Morgan fingerprint density at radius 1 is 1.42 bits per heavy atom. The number of thioether (sulfide) groups is 1. The van der Waals surface area contributed by atoms with Crippen LogP contribution in [0.1, 0.15) is 32.3 Å². The second kappa shape index (κ2) is 6.96. The summed E-state index contributed by atoms with van der Waals surface area (Å²) < 4.78 is 5.35. The highest BCUT2D eigenvalue weighted by atomic mass is 32.2. The SMILES string of the molecule is CC(C)Sc1ccc(CNC(=O)C2CCCO2)cc1. The molecular weight excluding hydrogens is 258 g/mol. The van der Waals surface area contributed by atoms with E-state index in [9.17, 15) is 4.79 Å². The molecule has 1 heterocycles. The van der Waals surface area contributed by atoms with Crippen molar-refractivity contribution in [1.82, 2.24) is 5.32 Å². The predicted octanol–water partition coefficient (Wildman–Crippen LogP) is 2.98. The number of carbonyl (C=O) groups is 1. The van der Waals surface area contributed by atoms with Gasteiger partial charge in [0.25, 0.3) is 0 Å². The number of benzene rings is 1. The van der Waals surface area contributed by atoms with Gasteiger partial charge in [0.05, 0.1) is 0 Å². The summed E-state index contributed by atoms with van der Waals surface area (Å²) in [4.78, 5) is 13.1. The molecule has 1 atom stereocenters. The van der Waals surface area contributed by atoms with Gasteiger partial charge in [-0.2, -0.15) is 0 Å². The first kappa shape index (κ1) is 14.4. The monoisotopic (exact) mass is 279 g/mol. The summed E-state index contributed by atoms with van der Waals surface area (Å²) in [5, 5.41) is 3.52. The Morgan fingerprint density at radius 2 is 2.16 bits per heavy atom. The molecule has 2 rings (SSSR count). The minimum Gasteiger partial charge on any atom is -0.368 e. The van der Waals surface area contributed by atoms with Gasteiger partial charge in [-0.3, -0.25) is 4.79 Å². The van der Waals surface area contributed by atoms with E-state index in [1.807, 2.05) is 11.8 Å². The maximum atomic E-state index is 11.8. The van der Waals surface area contributed by atoms with Crippen molar-refractivity contribution in [2.75, 3.05) is 6.61 Å². The fraction of sp³-hybridized carbons (Fsp3) is 0.533. The van der Waals surface area contributed by atoms with Crippen LogP contribution in [0.3, 0.4) is 0 Å². The topological polar surface area (TPSA) is 38.3 Å². The third-order valence-electron chi connectivity index (χ3n) is 2.98. The summed E-state index contributed by atoms with van der Waals surface area (Å²) in [6, 6.07) is 8.36. The maximum absolute atomic E-state index is 11.8. The molecule has 1 aliphatic rings. The van der Waals surface area contributed by atoms with Gasteiger partial charge in [-0.05, 0) is 30.5 Å². The van der Waals surface area contributed by atoms with Crippen molar-refractivity contribution in [3.63, 3.8) is 0 Å². The first-order chi connectivity index (χ1) is 9.15. The standard InChI is InChI=1S/C15H21NO2S/c1-11(2)19-13-7-5-12(6-8-13)10-16-15(17)14-4-3-9-18-14/h5-8,11,14H,3-4,9-10H2,1-2H3,(H,16,17). The number of amides is 1. The largest absolute Gasteiger partial charge is 0.368 e. The van der Waals surface area contributed by atoms with Gasteiger partial charge in [0.1, 0.15) is 6.10 Å². The van der Waals surface area contributed by atoms with Gasteiger partial charge in [-0.25, -0.2) is 0 Å². The van der Waals surface area contributed by atoms with Crippen molar-refractivity contribution in [2.24, 2.45) is 0 Å². The Bertz CT molecular complexity index is 411. The highest BCUT2D eigenvalue weighted by Crippen LogP contribution is 2.22. The zero-order valence-corrected chi connectivity index (χ0v) is 12.3. The molecule has 1 aromatic carbocycles. The van der Waals surface area contributed by atoms with E-state index >= 15 is 0 Å². The van der Waals surface area contributed by atoms with Crippen LogP contribution in [0.15, 0.2) is 29.2 Å². The van der Waals surface area contributed by atoms with Crippen molar-refractivity contribution in [1.29, 1.82) is 0 Å². The molecule has 1 fully saturated rings. The second-order valence-electron chi connectivity index (χ2n) is 5.03. The summed E-state index contributed by atoms with van der Waals surface area (Å²) >= 11 is 1.84. The number of hydrogen-bond donors (Lipinski definition) is 1. The normalized spacial score (nSPS) is 18.8. The Balaban J connectivity index is 1.80. The molecule has 0 spiro atoms. The average molecular weight is 279 g/mol. The summed E-state index contributed by atoms with van der Waals surface area (Å²) in [5.74, 6) is 0.0122. The zero-order valence-electron chi connectivity index (χ0n) is 11.5. The van der Waals surface area contributed by atoms with Crippen LogP contribution in [0.4, 0.5) is 0 Å². The Hall–Kier alpha value is -1.00. The molecule has 1 aliphatic heterocycles. The van der Waals surface area contributed by atoms with E-state index in [1.54, 1.807) is 0 Å². The lowest BCUT2D eigenvalue weighted by Crippen LogP contribution is -2.33. The van der Waals surface area contributed by atoms with Crippen LogP contribution in [-0.4, -0.2) is 23.9 Å². The molecule has 0 saturated carbocycles. The minimum atomic E-state index is -0.240. The average Bonchev–Trinajstić information content (AvgIpc) is 2.91. The number of hydrogen-bond acceptors (Lipinski definition) is 3. The van der Waals surface area contributed by atoms with E-state index < -0.39 is 0 Å². The number of ether oxygens (including phenoxy) is 1. The molecule has 1 unspecified atom stereocenters. The van der Waals surface area contributed by atoms with Gasteiger partial charge in [0.2, 0.25) is 5.91 Å². The second-order valence-corrected chi connectivity index (χ2v) is 6.68. The number of rotatable bonds is 5. The molecule has 0 bridgehead atoms. The lowest BCUT2D eigenvalue weighted by Gasteiger charge is -2.11. The first-order valence-electron chi connectivity index (χ1n) is 6.80. The molecule has 19 heavy (non-hydrogen) atoms. The van der Waals surface area contributed by atoms with E-state index in [4.69, 9.17) is 4.74 Å². The predicted molar refractivity (Wildman–Crippen MR) is 78.3 cm³/mol. The summed E-state index contributed by atoms with van der Waals surface area (Å²) in [6.07, 6.45) is 1.59. The van der Waals surface area contributed by atoms with Crippen molar-refractivity contribution >= 4 is 17.7 Å². The minimum absolute atomic E-state index is 0.0122. The first-order valence-corrected chi connectivity index (χ1v) is 7.68. The summed E-state index contributed by atoms with van der Waals surface area (Å²) in [7, 11) is 0. The molecule has 104 valence electrons. The Morgan fingerprint density at radius 3 is 2.74 bits per heavy atom. The quantitative estimate of drug-likeness (QED) is 0.842. The molecule has 1 amide bonds. The molecule has 0 radical (unpaired) electrons. The summed E-state index contributed by atoms with van der Waals surface area (Å²) in [5.41, 5.74) is 1.12. The van der Waals surface area contributed by atoms with Crippen LogP contribution < -0.4 is 5.32 Å². The van der Waals surface area contributed by atoms with Gasteiger partial charge >= 0.3 is 0 Å². The van der Waals surface area contributed by atoms with Crippen LogP contribution in [0.2, 0.25) is 0 Å². The fourth-order valence-corrected chi connectivity index (χ4v) is 2.88. The molecular formula is C15H21NO2S. The number of nitrogens with one attached hydrogen (secondary N) is 1. The maximum Gasteiger partial charge on any atom is 0.249 e. The van der Waals surface area contributed by atoms with E-state index in [0.29, 0.717) is 18.4 Å². The van der Waals surface area contributed by atoms with Gasteiger partial charge in [0, 0.05) is 23.3 Å². The smallest absolute Gasteiger partial charge is 0.249 e. The third-order valence-corrected chi connectivity index (χ3v) is 4.00. The Labute approximate surface area is 119 Å². The third kappa shape index (κ3) is 4.55. The van der Waals surface area contributed by atoms with E-state index in [2.05, 4.69) is 43.4 Å². The zero-order chi connectivity index (χ0) is 13.7. The molecule has 1 saturated heterocycles. The van der Waals surface area contributed by atoms with Crippen molar-refractivity contribution in [3.8, 4) is 0 Å². The molecule has 0 aromatic heterocycles. The van der Waals surface area contributed by atoms with Crippen molar-refractivity contribution in [2.45, 2.75) is 49.5 Å². The molecule has 1 aromatic rings. The molecule has 0 aliphatic carbocycles. The van der Waals surface area contributed by atoms with Crippen LogP contribution >= 0.6 is 11.8 Å². The van der Waals surface area contributed by atoms with Crippen LogP contribution in [0.25, 0.3) is 0 Å². The summed E-state index contributed by atoms with van der Waals surface area (Å²) in [6.45, 7) is 5.64. The molecule has 3 nitrogen and oxygen atoms in total. The molecule has 4 heteroatoms. The van der Waals surface area contributed by atoms with Gasteiger partial charge in [-0.15, -0.1) is 11.8 Å². The van der Waals surface area contributed by atoms with Crippen molar-refractivity contribution < 1.29 is 9.53 Å². The van der Waals surface area contributed by atoms with Crippen LogP contribution in [0, 0.1) is 0 Å². The van der Waals surface area contributed by atoms with Crippen molar-refractivity contribution in [3.05, 3.63) is 29.8 Å². The highest BCUT2D eigenvalue weighted by Gasteiger charge is 2.22. The lowest BCUT2D eigenvalue weighted by molar-refractivity contribution is -0.130. The van der Waals surface area contributed by atoms with E-state index in [0.717, 1.165) is 18.4 Å². The Kier molecular flexibility index (Phi) is 5.28. The fourth-order valence-electron chi connectivity index (χ4n) is 2.05. The van der Waals surface area contributed by atoms with E-state index in [1.165, 1.54) is 4.90 Å². The van der Waals surface area contributed by atoms with Crippen LogP contribution in [0.5, 0.6) is 0 Å². The van der Waals surface area contributed by atoms with Gasteiger partial charge < -0.3 is 10.1 Å². The van der Waals surface area contributed by atoms with Crippen LogP contribution in [-0.2, 0) is 16.1 Å².